The van der Waals surface area contributed by atoms with Crippen LogP contribution in [0.3, 0.4) is 0 Å². The minimum absolute atomic E-state index is 0.213. The van der Waals surface area contributed by atoms with Gasteiger partial charge in [0.1, 0.15) is 5.60 Å². The van der Waals surface area contributed by atoms with E-state index in [1.807, 2.05) is 0 Å². The molecule has 4 N–H and O–H groups in total. The monoisotopic (exact) mass is 464 g/mol. The molecular weight excluding hydrogens is 412 g/mol. The van der Waals surface area contributed by atoms with Gasteiger partial charge in [-0.15, -0.1) is 0 Å². The van der Waals surface area contributed by atoms with Gasteiger partial charge in [0, 0.05) is 0 Å². The van der Waals surface area contributed by atoms with Crippen molar-refractivity contribution < 1.29 is 20.4 Å². The van der Waals surface area contributed by atoms with E-state index in [9.17, 15) is 20.4 Å². The summed E-state index contributed by atoms with van der Waals surface area (Å²) in [5.74, 6) is 0.213. The Labute approximate surface area is 203 Å². The molecule has 0 fully saturated rings. The molecule has 1 aromatic rings. The van der Waals surface area contributed by atoms with Crippen LogP contribution in [-0.2, 0) is 22.9 Å². The third-order valence-electron chi connectivity index (χ3n) is 7.55. The second kappa shape index (κ2) is 11.7. The molecule has 33 heavy (non-hydrogen) atoms. The first-order valence-corrected chi connectivity index (χ1v) is 12.9. The van der Waals surface area contributed by atoms with Crippen molar-refractivity contribution in [2.45, 2.75) is 117 Å². The molecule has 192 valence electrons. The van der Waals surface area contributed by atoms with Crippen molar-refractivity contribution in [1.29, 1.82) is 0 Å². The Morgan fingerprint density at radius 3 is 1.55 bits per heavy atom. The summed E-state index contributed by atoms with van der Waals surface area (Å²) in [6.07, 6.45) is 5.27. The van der Waals surface area contributed by atoms with Crippen LogP contribution in [0.5, 0.6) is 0 Å². The summed E-state index contributed by atoms with van der Waals surface area (Å²) in [5, 5.41) is 44.4. The van der Waals surface area contributed by atoms with Crippen LogP contribution >= 0.6 is 0 Å². The van der Waals surface area contributed by atoms with Gasteiger partial charge in [-0.2, -0.15) is 0 Å². The van der Waals surface area contributed by atoms with E-state index in [4.69, 9.17) is 0 Å². The Hall–Kier alpha value is -0.940. The smallest absolute Gasteiger partial charge is 0.103 e. The fraction of sp³-hybridized carbons (Fsp3) is 0.793. The fourth-order valence-electron chi connectivity index (χ4n) is 5.02. The van der Waals surface area contributed by atoms with Crippen molar-refractivity contribution in [2.75, 3.05) is 19.8 Å². The zero-order chi connectivity index (χ0) is 25.7. The molecule has 0 aliphatic heterocycles. The average Bonchev–Trinajstić information content (AvgIpc) is 2.75. The predicted molar refractivity (Wildman–Crippen MR) is 139 cm³/mol. The molecule has 0 spiro atoms. The van der Waals surface area contributed by atoms with E-state index < -0.39 is 30.8 Å². The molecule has 4 heteroatoms. The standard InChI is InChI=1S/C29H52O4/c1-10-13-14-21(11-2)17-29(33,28(18-30,19-31)20-32)25-23(26(4,5)6)15-22(12-3)16-24(25)27(7,8)9/h15-16,21,30-33H,10-14,17-20H2,1-9H3. The summed E-state index contributed by atoms with van der Waals surface area (Å²) in [6, 6.07) is 4.36. The summed E-state index contributed by atoms with van der Waals surface area (Å²) < 4.78 is 0. The number of rotatable bonds is 12. The van der Waals surface area contributed by atoms with E-state index in [2.05, 4.69) is 74.4 Å². The maximum absolute atomic E-state index is 12.8. The van der Waals surface area contributed by atoms with Crippen molar-refractivity contribution >= 4 is 0 Å². The molecule has 0 saturated carbocycles. The van der Waals surface area contributed by atoms with Gasteiger partial charge in [-0.25, -0.2) is 0 Å². The van der Waals surface area contributed by atoms with Gasteiger partial charge in [-0.3, -0.25) is 0 Å². The Morgan fingerprint density at radius 1 is 0.788 bits per heavy atom. The number of aliphatic hydroxyl groups excluding tert-OH is 3. The van der Waals surface area contributed by atoms with Gasteiger partial charge >= 0.3 is 0 Å². The lowest BCUT2D eigenvalue weighted by atomic mass is 9.59. The van der Waals surface area contributed by atoms with Gasteiger partial charge in [0.2, 0.25) is 0 Å². The molecule has 1 aromatic carbocycles. The zero-order valence-electron chi connectivity index (χ0n) is 22.9. The highest BCUT2D eigenvalue weighted by Gasteiger charge is 2.54. The molecule has 2 unspecified atom stereocenters. The van der Waals surface area contributed by atoms with Gasteiger partial charge in [0.25, 0.3) is 0 Å². The topological polar surface area (TPSA) is 80.9 Å². The van der Waals surface area contributed by atoms with E-state index in [0.717, 1.165) is 48.8 Å². The van der Waals surface area contributed by atoms with E-state index in [1.165, 1.54) is 5.56 Å². The first kappa shape index (κ1) is 30.1. The normalized spacial score (nSPS) is 16.0. The van der Waals surface area contributed by atoms with E-state index in [1.54, 1.807) is 0 Å². The molecule has 0 heterocycles. The van der Waals surface area contributed by atoms with Crippen LogP contribution in [0.2, 0.25) is 0 Å². The fourth-order valence-corrected chi connectivity index (χ4v) is 5.02. The second-order valence-corrected chi connectivity index (χ2v) is 12.2. The lowest BCUT2D eigenvalue weighted by molar-refractivity contribution is -0.171. The Bertz CT molecular complexity index is 694. The summed E-state index contributed by atoms with van der Waals surface area (Å²) in [5.41, 5.74) is 0.455. The highest BCUT2D eigenvalue weighted by molar-refractivity contribution is 5.50. The predicted octanol–water partition coefficient (Wildman–Crippen LogP) is 5.60. The minimum Gasteiger partial charge on any atom is -0.395 e. The lowest BCUT2D eigenvalue weighted by Crippen LogP contribution is -2.56. The number of hydrogen-bond acceptors (Lipinski definition) is 4. The second-order valence-electron chi connectivity index (χ2n) is 12.2. The van der Waals surface area contributed by atoms with Crippen molar-refractivity contribution in [3.8, 4) is 0 Å². The van der Waals surface area contributed by atoms with Gasteiger partial charge in [-0.1, -0.05) is 100 Å². The number of aliphatic hydroxyl groups is 4. The highest BCUT2D eigenvalue weighted by Crippen LogP contribution is 2.51. The summed E-state index contributed by atoms with van der Waals surface area (Å²) in [4.78, 5) is 0. The molecule has 0 aliphatic carbocycles. The molecule has 0 radical (unpaired) electrons. The van der Waals surface area contributed by atoms with Crippen molar-refractivity contribution in [3.63, 3.8) is 0 Å². The van der Waals surface area contributed by atoms with Crippen LogP contribution in [0.15, 0.2) is 12.1 Å². The van der Waals surface area contributed by atoms with Crippen molar-refractivity contribution in [1.82, 2.24) is 0 Å². The number of aryl methyl sites for hydroxylation is 1. The number of unbranched alkanes of at least 4 members (excludes halogenated alkanes) is 1. The average molecular weight is 465 g/mol. The van der Waals surface area contributed by atoms with Gasteiger partial charge in [0.15, 0.2) is 0 Å². The molecule has 2 atom stereocenters. The molecule has 0 amide bonds. The summed E-state index contributed by atoms with van der Waals surface area (Å²) in [7, 11) is 0. The molecule has 1 rings (SSSR count). The molecule has 0 bridgehead atoms. The van der Waals surface area contributed by atoms with Crippen LogP contribution in [0.4, 0.5) is 0 Å². The van der Waals surface area contributed by atoms with E-state index in [-0.39, 0.29) is 16.7 Å². The highest BCUT2D eigenvalue weighted by atomic mass is 16.3. The van der Waals surface area contributed by atoms with Crippen LogP contribution in [0.1, 0.15) is 117 Å². The minimum atomic E-state index is -1.59. The maximum Gasteiger partial charge on any atom is 0.103 e. The maximum atomic E-state index is 12.8. The van der Waals surface area contributed by atoms with Crippen molar-refractivity contribution in [2.24, 2.45) is 11.3 Å². The molecular formula is C29H52O4. The zero-order valence-corrected chi connectivity index (χ0v) is 22.9. The van der Waals surface area contributed by atoms with Gasteiger partial charge in [0.05, 0.1) is 25.2 Å². The van der Waals surface area contributed by atoms with Crippen LogP contribution in [0, 0.1) is 11.3 Å². The van der Waals surface area contributed by atoms with Gasteiger partial charge < -0.3 is 20.4 Å². The van der Waals surface area contributed by atoms with E-state index in [0.29, 0.717) is 6.42 Å². The summed E-state index contributed by atoms with van der Waals surface area (Å²) >= 11 is 0. The largest absolute Gasteiger partial charge is 0.395 e. The Balaban J connectivity index is 4.16. The Morgan fingerprint density at radius 2 is 1.24 bits per heavy atom. The third kappa shape index (κ3) is 6.39. The quantitative estimate of drug-likeness (QED) is 0.324. The molecule has 0 saturated heterocycles. The van der Waals surface area contributed by atoms with Crippen LogP contribution in [-0.4, -0.2) is 40.2 Å². The SMILES string of the molecule is CCCCC(CC)CC(O)(c1c(C(C)(C)C)cc(CC)cc1C(C)(C)C)C(CO)(CO)CO. The van der Waals surface area contributed by atoms with Gasteiger partial charge in [-0.05, 0) is 51.8 Å². The van der Waals surface area contributed by atoms with Crippen LogP contribution < -0.4 is 0 Å². The van der Waals surface area contributed by atoms with Crippen molar-refractivity contribution in [3.05, 3.63) is 34.4 Å². The summed E-state index contributed by atoms with van der Waals surface area (Å²) in [6.45, 7) is 17.8. The third-order valence-corrected chi connectivity index (χ3v) is 7.55. The lowest BCUT2D eigenvalue weighted by Gasteiger charge is -2.50. The van der Waals surface area contributed by atoms with Crippen LogP contribution in [0.25, 0.3) is 0 Å². The Kier molecular flexibility index (Phi) is 10.6. The molecule has 0 aromatic heterocycles. The van der Waals surface area contributed by atoms with E-state index >= 15 is 0 Å². The number of hydrogen-bond donors (Lipinski definition) is 4. The number of benzene rings is 1. The first-order chi connectivity index (χ1) is 15.2. The first-order valence-electron chi connectivity index (χ1n) is 12.9. The molecule has 0 aliphatic rings. The molecule has 4 nitrogen and oxygen atoms in total.